The molecule has 0 bridgehead atoms. The maximum absolute atomic E-state index is 5.12. The van der Waals surface area contributed by atoms with Gasteiger partial charge in [-0.25, -0.2) is 4.98 Å². The van der Waals surface area contributed by atoms with Crippen LogP contribution in [0.15, 0.2) is 10.7 Å². The fraction of sp³-hybridized carbons (Fsp3) is 0.571. The van der Waals surface area contributed by atoms with Crippen LogP contribution in [0.25, 0.3) is 0 Å². The molecule has 10 heavy (non-hydrogen) atoms. The van der Waals surface area contributed by atoms with Crippen LogP contribution in [-0.4, -0.2) is 18.6 Å². The van der Waals surface area contributed by atoms with E-state index in [1.165, 1.54) is 0 Å². The maximum atomic E-state index is 5.12. The molecule has 0 aliphatic heterocycles. The monoisotopic (exact) mass is 140 g/mol. The Morgan fingerprint density at radius 3 is 3.00 bits per heavy atom. The summed E-state index contributed by atoms with van der Waals surface area (Å²) in [5, 5.41) is 3.03. The molecule has 0 spiro atoms. The minimum Gasteiger partial charge on any atom is -0.449 e. The average molecular weight is 140 g/mol. The van der Waals surface area contributed by atoms with Crippen LogP contribution in [0.4, 0.5) is 0 Å². The molecule has 3 nitrogen and oxygen atoms in total. The average Bonchev–Trinajstić information content (AvgIpc) is 2.31. The van der Waals surface area contributed by atoms with E-state index in [-0.39, 0.29) is 0 Å². The second-order valence-electron chi connectivity index (χ2n) is 2.24. The smallest absolute Gasteiger partial charge is 0.195 e. The molecule has 1 aromatic heterocycles. The SMILES string of the molecule is CNCCc1nc(C)co1. The third-order valence-electron chi connectivity index (χ3n) is 1.26. The fourth-order valence-electron chi connectivity index (χ4n) is 0.749. The van der Waals surface area contributed by atoms with E-state index < -0.39 is 0 Å². The summed E-state index contributed by atoms with van der Waals surface area (Å²) in [5.41, 5.74) is 0.950. The Labute approximate surface area is 60.5 Å². The summed E-state index contributed by atoms with van der Waals surface area (Å²) in [7, 11) is 1.91. The zero-order chi connectivity index (χ0) is 7.40. The van der Waals surface area contributed by atoms with Crippen LogP contribution in [0, 0.1) is 6.92 Å². The first kappa shape index (κ1) is 7.28. The number of nitrogens with zero attached hydrogens (tertiary/aromatic N) is 1. The standard InChI is InChI=1S/C7H12N2O/c1-6-5-10-7(9-6)3-4-8-2/h5,8H,3-4H2,1-2H3. The lowest BCUT2D eigenvalue weighted by atomic mass is 10.4. The lowest BCUT2D eigenvalue weighted by Gasteiger charge is -1.91. The van der Waals surface area contributed by atoms with Gasteiger partial charge in [0, 0.05) is 13.0 Å². The number of likely N-dealkylation sites (N-methyl/N-ethyl adjacent to an activating group) is 1. The Hall–Kier alpha value is -0.830. The molecule has 1 N–H and O–H groups in total. The summed E-state index contributed by atoms with van der Waals surface area (Å²) in [5.74, 6) is 0.812. The lowest BCUT2D eigenvalue weighted by Crippen LogP contribution is -2.10. The summed E-state index contributed by atoms with van der Waals surface area (Å²) in [6.45, 7) is 2.84. The topological polar surface area (TPSA) is 38.1 Å². The van der Waals surface area contributed by atoms with Crippen molar-refractivity contribution in [2.24, 2.45) is 0 Å². The van der Waals surface area contributed by atoms with Gasteiger partial charge in [0.1, 0.15) is 6.26 Å². The van der Waals surface area contributed by atoms with Crippen molar-refractivity contribution in [3.8, 4) is 0 Å². The van der Waals surface area contributed by atoms with Crippen molar-refractivity contribution in [3.63, 3.8) is 0 Å². The van der Waals surface area contributed by atoms with Crippen LogP contribution in [0.1, 0.15) is 11.6 Å². The quantitative estimate of drug-likeness (QED) is 0.673. The molecule has 0 atom stereocenters. The number of hydrogen-bond acceptors (Lipinski definition) is 3. The number of rotatable bonds is 3. The van der Waals surface area contributed by atoms with Gasteiger partial charge in [-0.05, 0) is 14.0 Å². The third-order valence-corrected chi connectivity index (χ3v) is 1.26. The highest BCUT2D eigenvalue weighted by Gasteiger charge is 1.97. The highest BCUT2D eigenvalue weighted by molar-refractivity contribution is 4.92. The Balaban J connectivity index is 2.42. The van der Waals surface area contributed by atoms with Crippen molar-refractivity contribution in [1.29, 1.82) is 0 Å². The molecule has 3 heteroatoms. The van der Waals surface area contributed by atoms with Crippen LogP contribution in [-0.2, 0) is 6.42 Å². The zero-order valence-electron chi connectivity index (χ0n) is 6.35. The predicted octanol–water partition coefficient (Wildman–Crippen LogP) is 0.745. The molecule has 1 heterocycles. The largest absolute Gasteiger partial charge is 0.449 e. The van der Waals surface area contributed by atoms with Gasteiger partial charge in [-0.2, -0.15) is 0 Å². The van der Waals surface area contributed by atoms with E-state index in [1.54, 1.807) is 6.26 Å². The van der Waals surface area contributed by atoms with E-state index in [1.807, 2.05) is 14.0 Å². The lowest BCUT2D eigenvalue weighted by molar-refractivity contribution is 0.489. The molecule has 0 saturated heterocycles. The minimum absolute atomic E-state index is 0.812. The molecule has 1 rings (SSSR count). The van der Waals surface area contributed by atoms with Crippen molar-refractivity contribution in [2.45, 2.75) is 13.3 Å². The highest BCUT2D eigenvalue weighted by atomic mass is 16.3. The van der Waals surface area contributed by atoms with E-state index in [0.717, 1.165) is 24.6 Å². The van der Waals surface area contributed by atoms with Crippen molar-refractivity contribution >= 4 is 0 Å². The van der Waals surface area contributed by atoms with E-state index in [0.29, 0.717) is 0 Å². The van der Waals surface area contributed by atoms with Crippen molar-refractivity contribution in [1.82, 2.24) is 10.3 Å². The molecule has 0 amide bonds. The molecule has 0 aromatic carbocycles. The van der Waals surface area contributed by atoms with Crippen LogP contribution >= 0.6 is 0 Å². The number of oxazole rings is 1. The fourth-order valence-corrected chi connectivity index (χ4v) is 0.749. The van der Waals surface area contributed by atoms with Gasteiger partial charge in [-0.15, -0.1) is 0 Å². The number of nitrogens with one attached hydrogen (secondary N) is 1. The van der Waals surface area contributed by atoms with Gasteiger partial charge < -0.3 is 9.73 Å². The predicted molar refractivity (Wildman–Crippen MR) is 38.9 cm³/mol. The maximum Gasteiger partial charge on any atom is 0.195 e. The summed E-state index contributed by atoms with van der Waals surface area (Å²) in [6.07, 6.45) is 2.54. The molecule has 0 radical (unpaired) electrons. The number of aromatic nitrogens is 1. The molecule has 56 valence electrons. The first-order valence-electron chi connectivity index (χ1n) is 3.38. The van der Waals surface area contributed by atoms with Crippen LogP contribution < -0.4 is 5.32 Å². The van der Waals surface area contributed by atoms with Gasteiger partial charge >= 0.3 is 0 Å². The van der Waals surface area contributed by atoms with Crippen LogP contribution in [0.5, 0.6) is 0 Å². The van der Waals surface area contributed by atoms with E-state index in [9.17, 15) is 0 Å². The van der Waals surface area contributed by atoms with E-state index in [2.05, 4.69) is 10.3 Å². The van der Waals surface area contributed by atoms with Crippen molar-refractivity contribution in [2.75, 3.05) is 13.6 Å². The number of hydrogen-bond donors (Lipinski definition) is 1. The molecule has 0 saturated carbocycles. The van der Waals surface area contributed by atoms with Gasteiger partial charge in [0.2, 0.25) is 0 Å². The molecule has 0 fully saturated rings. The Bertz CT molecular complexity index is 195. The Morgan fingerprint density at radius 2 is 2.50 bits per heavy atom. The highest BCUT2D eigenvalue weighted by Crippen LogP contribution is 1.99. The van der Waals surface area contributed by atoms with Crippen LogP contribution in [0.3, 0.4) is 0 Å². The first-order chi connectivity index (χ1) is 4.83. The first-order valence-corrected chi connectivity index (χ1v) is 3.38. The Kier molecular flexibility index (Phi) is 2.45. The van der Waals surface area contributed by atoms with Gasteiger partial charge in [0.25, 0.3) is 0 Å². The minimum atomic E-state index is 0.812. The van der Waals surface area contributed by atoms with Crippen LogP contribution in [0.2, 0.25) is 0 Å². The van der Waals surface area contributed by atoms with Crippen molar-refractivity contribution < 1.29 is 4.42 Å². The molecule has 1 aromatic rings. The molecule has 0 aliphatic carbocycles. The normalized spacial score (nSPS) is 10.2. The molecular formula is C7H12N2O. The molecular weight excluding hydrogens is 128 g/mol. The van der Waals surface area contributed by atoms with Gasteiger partial charge in [-0.1, -0.05) is 0 Å². The summed E-state index contributed by atoms with van der Waals surface area (Å²) >= 11 is 0. The summed E-state index contributed by atoms with van der Waals surface area (Å²) in [6, 6.07) is 0. The van der Waals surface area contributed by atoms with Gasteiger partial charge in [0.15, 0.2) is 5.89 Å². The van der Waals surface area contributed by atoms with Crippen molar-refractivity contribution in [3.05, 3.63) is 17.8 Å². The summed E-state index contributed by atoms with van der Waals surface area (Å²) < 4.78 is 5.12. The Morgan fingerprint density at radius 1 is 1.70 bits per heavy atom. The van der Waals surface area contributed by atoms with E-state index in [4.69, 9.17) is 4.42 Å². The third kappa shape index (κ3) is 1.84. The molecule has 0 unspecified atom stereocenters. The van der Waals surface area contributed by atoms with E-state index >= 15 is 0 Å². The van der Waals surface area contributed by atoms with Gasteiger partial charge in [-0.3, -0.25) is 0 Å². The second-order valence-corrected chi connectivity index (χ2v) is 2.24. The van der Waals surface area contributed by atoms with Gasteiger partial charge in [0.05, 0.1) is 5.69 Å². The summed E-state index contributed by atoms with van der Waals surface area (Å²) in [4.78, 5) is 4.14. The zero-order valence-corrected chi connectivity index (χ0v) is 6.35. The second kappa shape index (κ2) is 3.37. The number of aryl methyl sites for hydroxylation is 1. The molecule has 0 aliphatic rings.